The number of carbonyl (C=O) groups is 1. The summed E-state index contributed by atoms with van der Waals surface area (Å²) < 4.78 is 0. The fraction of sp³-hybridized carbons (Fsp3) is 0.238. The summed E-state index contributed by atoms with van der Waals surface area (Å²) in [6.45, 7) is 1.01. The Bertz CT molecular complexity index is 1040. The van der Waals surface area contributed by atoms with E-state index in [1.807, 2.05) is 12.1 Å². The Kier molecular flexibility index (Phi) is 5.06. The maximum Gasteiger partial charge on any atom is 0.220 e. The van der Waals surface area contributed by atoms with Gasteiger partial charge in [0.15, 0.2) is 6.19 Å². The van der Waals surface area contributed by atoms with Gasteiger partial charge in [0, 0.05) is 13.5 Å². The van der Waals surface area contributed by atoms with Gasteiger partial charge in [0.05, 0.1) is 36.4 Å². The lowest BCUT2D eigenvalue weighted by Crippen LogP contribution is -2.18. The first-order valence-corrected chi connectivity index (χ1v) is 8.54. The van der Waals surface area contributed by atoms with E-state index in [0.717, 1.165) is 27.8 Å². The minimum atomic E-state index is -0.0354. The molecule has 1 amide bonds. The molecule has 27 heavy (non-hydrogen) atoms. The zero-order valence-electron chi connectivity index (χ0n) is 14.9. The third kappa shape index (κ3) is 3.59. The molecule has 2 aromatic rings. The van der Waals surface area contributed by atoms with Gasteiger partial charge in [0.2, 0.25) is 5.91 Å². The monoisotopic (exact) mass is 355 g/mol. The van der Waals surface area contributed by atoms with Crippen LogP contribution in [0.15, 0.2) is 30.3 Å². The van der Waals surface area contributed by atoms with Gasteiger partial charge in [-0.3, -0.25) is 4.79 Å². The van der Waals surface area contributed by atoms with Gasteiger partial charge in [-0.2, -0.15) is 15.8 Å². The molecule has 6 heteroatoms. The van der Waals surface area contributed by atoms with E-state index in [2.05, 4.69) is 23.6 Å². The average molecular weight is 355 g/mol. The molecule has 1 aliphatic heterocycles. The summed E-state index contributed by atoms with van der Waals surface area (Å²) in [4.78, 5) is 13.3. The fourth-order valence-electron chi connectivity index (χ4n) is 3.36. The van der Waals surface area contributed by atoms with Crippen LogP contribution < -0.4 is 5.32 Å². The first-order valence-electron chi connectivity index (χ1n) is 8.54. The average Bonchev–Trinajstić information content (AvgIpc) is 3.14. The lowest BCUT2D eigenvalue weighted by molar-refractivity contribution is -0.120. The van der Waals surface area contributed by atoms with Crippen LogP contribution in [-0.4, -0.2) is 17.9 Å². The number of benzene rings is 2. The summed E-state index contributed by atoms with van der Waals surface area (Å²) in [6.07, 6.45) is 3.12. The molecule has 0 aromatic heterocycles. The number of carbonyl (C=O) groups excluding carboxylic acids is 1. The van der Waals surface area contributed by atoms with Gasteiger partial charge in [0.1, 0.15) is 0 Å². The number of fused-ring (bicyclic) bond motifs is 1. The van der Waals surface area contributed by atoms with Crippen molar-refractivity contribution < 1.29 is 4.79 Å². The van der Waals surface area contributed by atoms with Crippen molar-refractivity contribution in [2.45, 2.75) is 25.9 Å². The molecule has 3 rings (SSSR count). The lowest BCUT2D eigenvalue weighted by Gasteiger charge is -2.13. The number of nitrogens with one attached hydrogen (secondary N) is 1. The molecule has 2 aromatic carbocycles. The highest BCUT2D eigenvalue weighted by Gasteiger charge is 2.24. The van der Waals surface area contributed by atoms with Crippen molar-refractivity contribution in [2.75, 3.05) is 7.05 Å². The minimum absolute atomic E-state index is 0.0354. The Hall–Kier alpha value is -3.82. The quantitative estimate of drug-likeness (QED) is 0.849. The predicted molar refractivity (Wildman–Crippen MR) is 98.6 cm³/mol. The van der Waals surface area contributed by atoms with Crippen molar-refractivity contribution in [2.24, 2.45) is 0 Å². The van der Waals surface area contributed by atoms with E-state index in [1.165, 1.54) is 0 Å². The molecule has 1 aliphatic rings. The molecule has 132 valence electrons. The van der Waals surface area contributed by atoms with Crippen LogP contribution in [0.25, 0.3) is 11.1 Å². The molecular formula is C21H17N5O. The van der Waals surface area contributed by atoms with Gasteiger partial charge in [-0.15, -0.1) is 0 Å². The van der Waals surface area contributed by atoms with E-state index in [0.29, 0.717) is 37.1 Å². The summed E-state index contributed by atoms with van der Waals surface area (Å²) in [5.74, 6) is -0.0354. The van der Waals surface area contributed by atoms with E-state index in [9.17, 15) is 15.3 Å². The van der Waals surface area contributed by atoms with Gasteiger partial charge >= 0.3 is 0 Å². The molecular weight excluding hydrogens is 338 g/mol. The standard InChI is InChI=1S/C21H17N5O/c1-25-21(27)5-3-14-6-17-11-26(13-24)12-20(17)19(8-14)18-4-2-15(9-22)7-16(18)10-23/h2,4,6-8H,3,5,11-12H2,1H3,(H,25,27). The molecule has 0 aliphatic carbocycles. The number of rotatable bonds is 4. The van der Waals surface area contributed by atoms with Crippen LogP contribution in [0, 0.1) is 34.1 Å². The number of amides is 1. The summed E-state index contributed by atoms with van der Waals surface area (Å²) in [5.41, 5.74) is 5.53. The van der Waals surface area contributed by atoms with Crippen molar-refractivity contribution in [3.05, 3.63) is 58.1 Å². The number of aryl methyl sites for hydroxylation is 1. The molecule has 6 nitrogen and oxygen atoms in total. The molecule has 0 unspecified atom stereocenters. The van der Waals surface area contributed by atoms with Gasteiger partial charge in [-0.05, 0) is 46.4 Å². The zero-order chi connectivity index (χ0) is 19.4. The Morgan fingerprint density at radius 3 is 2.59 bits per heavy atom. The van der Waals surface area contributed by atoms with Crippen LogP contribution >= 0.6 is 0 Å². The largest absolute Gasteiger partial charge is 0.359 e. The summed E-state index contributed by atoms with van der Waals surface area (Å²) in [6, 6.07) is 13.3. The predicted octanol–water partition coefficient (Wildman–Crippen LogP) is 2.57. The Balaban J connectivity index is 2.11. The maximum atomic E-state index is 11.6. The first-order chi connectivity index (χ1) is 13.1. The smallest absolute Gasteiger partial charge is 0.220 e. The maximum absolute atomic E-state index is 11.6. The third-order valence-corrected chi connectivity index (χ3v) is 4.73. The van der Waals surface area contributed by atoms with Crippen molar-refractivity contribution in [1.29, 1.82) is 15.8 Å². The van der Waals surface area contributed by atoms with Crippen molar-refractivity contribution in [3.63, 3.8) is 0 Å². The van der Waals surface area contributed by atoms with E-state index in [4.69, 9.17) is 5.26 Å². The van der Waals surface area contributed by atoms with Crippen molar-refractivity contribution in [3.8, 4) is 29.5 Å². The number of nitriles is 3. The number of hydrogen-bond acceptors (Lipinski definition) is 5. The molecule has 0 radical (unpaired) electrons. The van der Waals surface area contributed by atoms with E-state index in [1.54, 1.807) is 30.1 Å². The van der Waals surface area contributed by atoms with Crippen LogP contribution in [-0.2, 0) is 24.3 Å². The highest BCUT2D eigenvalue weighted by molar-refractivity contribution is 5.78. The molecule has 0 bridgehead atoms. The number of nitrogens with zero attached hydrogens (tertiary/aromatic N) is 4. The molecule has 0 saturated carbocycles. The highest BCUT2D eigenvalue weighted by atomic mass is 16.1. The van der Waals surface area contributed by atoms with E-state index in [-0.39, 0.29) is 5.91 Å². The van der Waals surface area contributed by atoms with Gasteiger partial charge in [-0.25, -0.2) is 0 Å². The van der Waals surface area contributed by atoms with Crippen molar-refractivity contribution in [1.82, 2.24) is 10.2 Å². The van der Waals surface area contributed by atoms with Crippen LogP contribution in [0.5, 0.6) is 0 Å². The molecule has 0 spiro atoms. The van der Waals surface area contributed by atoms with E-state index < -0.39 is 0 Å². The second-order valence-electron chi connectivity index (χ2n) is 6.39. The van der Waals surface area contributed by atoms with E-state index >= 15 is 0 Å². The Morgan fingerprint density at radius 1 is 1.11 bits per heavy atom. The van der Waals surface area contributed by atoms with Crippen LogP contribution in [0.2, 0.25) is 0 Å². The van der Waals surface area contributed by atoms with Gasteiger partial charge in [0.25, 0.3) is 0 Å². The zero-order valence-corrected chi connectivity index (χ0v) is 14.9. The highest BCUT2D eigenvalue weighted by Crippen LogP contribution is 2.36. The molecule has 0 saturated heterocycles. The topological polar surface area (TPSA) is 104 Å². The molecule has 1 heterocycles. The lowest BCUT2D eigenvalue weighted by atomic mass is 9.90. The Labute approximate surface area is 157 Å². The Morgan fingerprint density at radius 2 is 1.93 bits per heavy atom. The second kappa shape index (κ2) is 7.60. The molecule has 0 atom stereocenters. The third-order valence-electron chi connectivity index (χ3n) is 4.73. The van der Waals surface area contributed by atoms with Crippen LogP contribution in [0.3, 0.4) is 0 Å². The first kappa shape index (κ1) is 18.0. The number of hydrogen-bond donors (Lipinski definition) is 1. The fourth-order valence-corrected chi connectivity index (χ4v) is 3.36. The summed E-state index contributed by atoms with van der Waals surface area (Å²) in [5, 5.41) is 30.5. The summed E-state index contributed by atoms with van der Waals surface area (Å²) in [7, 11) is 1.61. The molecule has 1 N–H and O–H groups in total. The van der Waals surface area contributed by atoms with Gasteiger partial charge in [-0.1, -0.05) is 18.2 Å². The second-order valence-corrected chi connectivity index (χ2v) is 6.39. The van der Waals surface area contributed by atoms with Crippen LogP contribution in [0.1, 0.15) is 34.2 Å². The van der Waals surface area contributed by atoms with Gasteiger partial charge < -0.3 is 10.2 Å². The summed E-state index contributed by atoms with van der Waals surface area (Å²) >= 11 is 0. The van der Waals surface area contributed by atoms with Crippen LogP contribution in [0.4, 0.5) is 0 Å². The normalized spacial score (nSPS) is 11.9. The molecule has 0 fully saturated rings. The SMILES string of the molecule is CNC(=O)CCc1cc2c(c(-c3ccc(C#N)cc3C#N)c1)CN(C#N)C2. The minimum Gasteiger partial charge on any atom is -0.359 e. The van der Waals surface area contributed by atoms with Crippen molar-refractivity contribution >= 4 is 5.91 Å².